The molecule has 0 spiro atoms. The Labute approximate surface area is 231 Å². The summed E-state index contributed by atoms with van der Waals surface area (Å²) in [6.45, 7) is 4.14. The molecular formula is C32H37ClN2O3. The minimum Gasteiger partial charge on any atom is -0.493 e. The van der Waals surface area contributed by atoms with Crippen molar-refractivity contribution in [1.82, 2.24) is 9.80 Å². The Morgan fingerprint density at radius 3 is 2.32 bits per heavy atom. The van der Waals surface area contributed by atoms with Crippen LogP contribution >= 0.6 is 11.6 Å². The van der Waals surface area contributed by atoms with E-state index in [0.29, 0.717) is 43.4 Å². The molecule has 1 saturated heterocycles. The van der Waals surface area contributed by atoms with Gasteiger partial charge in [-0.1, -0.05) is 79.2 Å². The van der Waals surface area contributed by atoms with Gasteiger partial charge in [-0.25, -0.2) is 0 Å². The molecule has 5 nitrogen and oxygen atoms in total. The molecule has 4 rings (SSSR count). The molecule has 0 radical (unpaired) electrons. The van der Waals surface area contributed by atoms with E-state index in [-0.39, 0.29) is 17.7 Å². The molecule has 0 N–H and O–H groups in total. The lowest BCUT2D eigenvalue weighted by Gasteiger charge is -2.43. The van der Waals surface area contributed by atoms with Crippen LogP contribution in [0.4, 0.5) is 0 Å². The lowest BCUT2D eigenvalue weighted by atomic mass is 9.76. The number of ether oxygens (including phenoxy) is 1. The smallest absolute Gasteiger partial charge is 0.230 e. The first-order valence-corrected chi connectivity index (χ1v) is 13.8. The van der Waals surface area contributed by atoms with Crippen molar-refractivity contribution >= 4 is 23.4 Å². The Morgan fingerprint density at radius 2 is 1.66 bits per heavy atom. The second kappa shape index (κ2) is 13.0. The third-order valence-corrected chi connectivity index (χ3v) is 7.71. The van der Waals surface area contributed by atoms with Gasteiger partial charge in [0.25, 0.3) is 0 Å². The summed E-state index contributed by atoms with van der Waals surface area (Å²) in [5.41, 5.74) is 1.64. The molecule has 0 bridgehead atoms. The first-order chi connectivity index (χ1) is 18.4. The maximum Gasteiger partial charge on any atom is 0.230 e. The van der Waals surface area contributed by atoms with Crippen LogP contribution in [-0.2, 0) is 16.1 Å². The van der Waals surface area contributed by atoms with Crippen LogP contribution in [0, 0.1) is 5.41 Å². The normalized spacial score (nSPS) is 18.0. The molecule has 3 aromatic carbocycles. The molecule has 3 aromatic rings. The predicted octanol–water partition coefficient (Wildman–Crippen LogP) is 6.57. The van der Waals surface area contributed by atoms with Crippen LogP contribution in [0.25, 0.3) is 0 Å². The molecule has 1 heterocycles. The average Bonchev–Trinajstić information content (AvgIpc) is 2.94. The van der Waals surface area contributed by atoms with Crippen molar-refractivity contribution in [3.8, 4) is 5.75 Å². The zero-order valence-corrected chi connectivity index (χ0v) is 23.1. The van der Waals surface area contributed by atoms with Crippen LogP contribution < -0.4 is 4.74 Å². The van der Waals surface area contributed by atoms with Gasteiger partial charge in [0.2, 0.25) is 11.8 Å². The van der Waals surface area contributed by atoms with Crippen LogP contribution in [0.3, 0.4) is 0 Å². The number of amides is 2. The zero-order chi connectivity index (χ0) is 27.0. The molecule has 2 atom stereocenters. The van der Waals surface area contributed by atoms with E-state index in [1.54, 1.807) is 17.0 Å². The number of carbonyl (C=O) groups is 2. The first kappa shape index (κ1) is 27.7. The van der Waals surface area contributed by atoms with E-state index in [2.05, 4.69) is 6.92 Å². The molecule has 0 aliphatic carbocycles. The highest BCUT2D eigenvalue weighted by Crippen LogP contribution is 2.37. The Balaban J connectivity index is 1.53. The highest BCUT2D eigenvalue weighted by molar-refractivity contribution is 6.30. The van der Waals surface area contributed by atoms with Gasteiger partial charge in [0.05, 0.1) is 12.5 Å². The third-order valence-electron chi connectivity index (χ3n) is 7.45. The fourth-order valence-corrected chi connectivity index (χ4v) is 5.46. The lowest BCUT2D eigenvalue weighted by Crippen LogP contribution is -2.51. The van der Waals surface area contributed by atoms with Gasteiger partial charge in [0.15, 0.2) is 0 Å². The molecule has 0 saturated carbocycles. The van der Waals surface area contributed by atoms with Gasteiger partial charge in [0.1, 0.15) is 5.75 Å². The van der Waals surface area contributed by atoms with E-state index in [1.807, 2.05) is 84.7 Å². The molecule has 0 unspecified atom stereocenters. The van der Waals surface area contributed by atoms with Gasteiger partial charge < -0.3 is 14.5 Å². The number of nitrogens with zero attached hydrogens (tertiary/aromatic N) is 2. The van der Waals surface area contributed by atoms with Gasteiger partial charge in [-0.2, -0.15) is 0 Å². The highest BCUT2D eigenvalue weighted by atomic mass is 35.5. The van der Waals surface area contributed by atoms with E-state index in [4.69, 9.17) is 16.3 Å². The number of rotatable bonds is 10. The maximum absolute atomic E-state index is 13.8. The van der Waals surface area contributed by atoms with E-state index in [1.165, 1.54) is 0 Å². The van der Waals surface area contributed by atoms with Crippen molar-refractivity contribution in [3.05, 3.63) is 101 Å². The second-order valence-electron chi connectivity index (χ2n) is 10.4. The van der Waals surface area contributed by atoms with Gasteiger partial charge in [0, 0.05) is 43.5 Å². The van der Waals surface area contributed by atoms with Crippen molar-refractivity contribution in [1.29, 1.82) is 0 Å². The summed E-state index contributed by atoms with van der Waals surface area (Å²) in [6, 6.07) is 27.2. The molecule has 2 amide bonds. The van der Waals surface area contributed by atoms with E-state index >= 15 is 0 Å². The number of halogens is 1. The highest BCUT2D eigenvalue weighted by Gasteiger charge is 2.41. The largest absolute Gasteiger partial charge is 0.493 e. The molecular weight excluding hydrogens is 496 g/mol. The molecule has 1 fully saturated rings. The van der Waals surface area contributed by atoms with Crippen LogP contribution in [0.5, 0.6) is 5.75 Å². The number of hydrogen-bond acceptors (Lipinski definition) is 3. The van der Waals surface area contributed by atoms with Gasteiger partial charge >= 0.3 is 0 Å². The molecule has 1 aliphatic rings. The van der Waals surface area contributed by atoms with Crippen molar-refractivity contribution in [2.24, 2.45) is 5.41 Å². The SMILES string of the molecule is CC[C@H](C(=O)N1CCC[C@](COc2ccc(Cl)cc2)(CC(=O)N(C)Cc2ccccc2)C1)c1ccccc1. The number of piperidine rings is 1. The van der Waals surface area contributed by atoms with Gasteiger partial charge in [-0.05, 0) is 54.7 Å². The maximum atomic E-state index is 13.8. The molecule has 38 heavy (non-hydrogen) atoms. The van der Waals surface area contributed by atoms with Crippen molar-refractivity contribution in [2.45, 2.75) is 45.1 Å². The Kier molecular flexibility index (Phi) is 9.46. The van der Waals surface area contributed by atoms with E-state index in [9.17, 15) is 9.59 Å². The summed E-state index contributed by atoms with van der Waals surface area (Å²) in [5, 5.41) is 0.644. The summed E-state index contributed by atoms with van der Waals surface area (Å²) < 4.78 is 6.23. The van der Waals surface area contributed by atoms with Crippen LogP contribution in [0.1, 0.15) is 49.7 Å². The lowest BCUT2D eigenvalue weighted by molar-refractivity contribution is -0.142. The Bertz CT molecular complexity index is 1190. The average molecular weight is 533 g/mol. The number of benzene rings is 3. The summed E-state index contributed by atoms with van der Waals surface area (Å²) in [5.74, 6) is 0.691. The summed E-state index contributed by atoms with van der Waals surface area (Å²) in [6.07, 6.45) is 2.69. The summed E-state index contributed by atoms with van der Waals surface area (Å²) >= 11 is 6.06. The van der Waals surface area contributed by atoms with Crippen molar-refractivity contribution < 1.29 is 14.3 Å². The second-order valence-corrected chi connectivity index (χ2v) is 10.8. The van der Waals surface area contributed by atoms with Crippen molar-refractivity contribution in [2.75, 3.05) is 26.7 Å². The van der Waals surface area contributed by atoms with E-state index in [0.717, 1.165) is 30.4 Å². The monoisotopic (exact) mass is 532 g/mol. The minimum absolute atomic E-state index is 0.0537. The fraction of sp³-hybridized carbons (Fsp3) is 0.375. The number of carbonyl (C=O) groups excluding carboxylic acids is 2. The fourth-order valence-electron chi connectivity index (χ4n) is 5.34. The number of likely N-dealkylation sites (tertiary alicyclic amines) is 1. The first-order valence-electron chi connectivity index (χ1n) is 13.4. The van der Waals surface area contributed by atoms with Crippen LogP contribution in [-0.4, -0.2) is 48.4 Å². The Morgan fingerprint density at radius 1 is 1.00 bits per heavy atom. The van der Waals surface area contributed by atoms with Crippen molar-refractivity contribution in [3.63, 3.8) is 0 Å². The molecule has 200 valence electrons. The zero-order valence-electron chi connectivity index (χ0n) is 22.3. The minimum atomic E-state index is -0.482. The molecule has 0 aromatic heterocycles. The van der Waals surface area contributed by atoms with Gasteiger partial charge in [-0.15, -0.1) is 0 Å². The third kappa shape index (κ3) is 7.16. The summed E-state index contributed by atoms with van der Waals surface area (Å²) in [7, 11) is 1.84. The van der Waals surface area contributed by atoms with E-state index < -0.39 is 5.41 Å². The number of hydrogen-bond donors (Lipinski definition) is 0. The summed E-state index contributed by atoms with van der Waals surface area (Å²) in [4.78, 5) is 31.0. The topological polar surface area (TPSA) is 49.9 Å². The van der Waals surface area contributed by atoms with Gasteiger partial charge in [-0.3, -0.25) is 9.59 Å². The molecule has 1 aliphatic heterocycles. The van der Waals surface area contributed by atoms with Crippen LogP contribution in [0.15, 0.2) is 84.9 Å². The standard InChI is InChI=1S/C32H37ClN2O3/c1-3-29(26-13-8-5-9-14-26)31(37)35-20-10-19-32(23-35,24-38-28-17-15-27(33)16-18-28)21-30(36)34(2)22-25-11-6-4-7-12-25/h4-9,11-18,29H,3,10,19-24H2,1-2H3/t29-,32-/m0/s1. The molecule has 6 heteroatoms. The quantitative estimate of drug-likeness (QED) is 0.297. The van der Waals surface area contributed by atoms with Crippen LogP contribution in [0.2, 0.25) is 5.02 Å². The Hall–Kier alpha value is -3.31. The predicted molar refractivity (Wildman–Crippen MR) is 152 cm³/mol.